The van der Waals surface area contributed by atoms with Crippen molar-refractivity contribution in [2.75, 3.05) is 0 Å². The number of ketones is 1. The third-order valence-corrected chi connectivity index (χ3v) is 2.72. The second-order valence-electron chi connectivity index (χ2n) is 2.98. The van der Waals surface area contributed by atoms with Crippen LogP contribution in [0.5, 0.6) is 0 Å². The number of carbonyl (C=O) groups is 1. The molecule has 2 aromatic rings. The van der Waals surface area contributed by atoms with E-state index in [4.69, 9.17) is 0 Å². The van der Waals surface area contributed by atoms with E-state index >= 15 is 0 Å². The van der Waals surface area contributed by atoms with Gasteiger partial charge in [0.2, 0.25) is 5.78 Å². The molecule has 0 saturated heterocycles. The molecule has 2 heterocycles. The minimum absolute atomic E-state index is 0.0105. The van der Waals surface area contributed by atoms with Gasteiger partial charge in [0.1, 0.15) is 0 Å². The second-order valence-corrected chi connectivity index (χ2v) is 4.21. The van der Waals surface area contributed by atoms with Crippen LogP contribution in [0.1, 0.15) is 20.2 Å². The molecule has 0 atom stereocenters. The summed E-state index contributed by atoms with van der Waals surface area (Å²) < 4.78 is 1.61. The van der Waals surface area contributed by atoms with Crippen LogP contribution in [0, 0.1) is 6.92 Å². The minimum Gasteiger partial charge on any atom is -0.288 e. The quantitative estimate of drug-likeness (QED) is 0.700. The summed E-state index contributed by atoms with van der Waals surface area (Å²) in [6, 6.07) is 0. The van der Waals surface area contributed by atoms with Crippen molar-refractivity contribution in [2.24, 2.45) is 7.05 Å². The van der Waals surface area contributed by atoms with E-state index in [1.807, 2.05) is 6.92 Å². The zero-order valence-corrected chi connectivity index (χ0v) is 8.71. The number of carbonyl (C=O) groups excluding carboxylic acids is 1. The molecule has 0 radical (unpaired) electrons. The summed E-state index contributed by atoms with van der Waals surface area (Å²) in [6.45, 7) is 1.88. The summed E-state index contributed by atoms with van der Waals surface area (Å²) >= 11 is 1.40. The van der Waals surface area contributed by atoms with Crippen molar-refractivity contribution >= 4 is 17.1 Å². The van der Waals surface area contributed by atoms with Gasteiger partial charge in [-0.3, -0.25) is 9.48 Å². The van der Waals surface area contributed by atoms with Crippen molar-refractivity contribution in [3.63, 3.8) is 0 Å². The maximum Gasteiger partial charge on any atom is 0.207 e. The van der Waals surface area contributed by atoms with Crippen molar-refractivity contribution in [1.29, 1.82) is 0 Å². The normalized spacial score (nSPS) is 10.4. The van der Waals surface area contributed by atoms with E-state index in [9.17, 15) is 4.79 Å². The average molecular weight is 207 g/mol. The Morgan fingerprint density at radius 3 is 2.79 bits per heavy atom. The highest BCUT2D eigenvalue weighted by atomic mass is 32.1. The lowest BCUT2D eigenvalue weighted by atomic mass is 10.2. The summed E-state index contributed by atoms with van der Waals surface area (Å²) in [5.74, 6) is -0.0105. The van der Waals surface area contributed by atoms with Gasteiger partial charge in [0.05, 0.1) is 21.6 Å². The van der Waals surface area contributed by atoms with Crippen LogP contribution in [0.4, 0.5) is 0 Å². The van der Waals surface area contributed by atoms with E-state index in [-0.39, 0.29) is 5.78 Å². The minimum atomic E-state index is -0.0105. The zero-order chi connectivity index (χ0) is 10.1. The Labute approximate surface area is 85.2 Å². The van der Waals surface area contributed by atoms with Crippen molar-refractivity contribution in [3.8, 4) is 0 Å². The lowest BCUT2D eigenvalue weighted by molar-refractivity contribution is 0.104. The largest absolute Gasteiger partial charge is 0.288 e. The van der Waals surface area contributed by atoms with E-state index in [0.717, 1.165) is 5.01 Å². The van der Waals surface area contributed by atoms with Crippen molar-refractivity contribution in [2.45, 2.75) is 6.92 Å². The summed E-state index contributed by atoms with van der Waals surface area (Å²) in [6.07, 6.45) is 4.88. The average Bonchev–Trinajstić information content (AvgIpc) is 2.73. The lowest BCUT2D eigenvalue weighted by Crippen LogP contribution is -1.96. The van der Waals surface area contributed by atoms with Gasteiger partial charge >= 0.3 is 0 Å². The van der Waals surface area contributed by atoms with E-state index in [0.29, 0.717) is 10.4 Å². The monoisotopic (exact) mass is 207 g/mol. The Hall–Kier alpha value is -1.49. The molecule has 0 amide bonds. The number of nitrogens with zero attached hydrogens (tertiary/aromatic N) is 3. The first-order valence-electron chi connectivity index (χ1n) is 4.12. The van der Waals surface area contributed by atoms with Crippen molar-refractivity contribution in [1.82, 2.24) is 14.8 Å². The lowest BCUT2D eigenvalue weighted by Gasteiger charge is -1.89. The molecule has 0 bridgehead atoms. The van der Waals surface area contributed by atoms with E-state index in [1.165, 1.54) is 11.3 Å². The van der Waals surface area contributed by atoms with Gasteiger partial charge in [0, 0.05) is 19.4 Å². The third-order valence-electron chi connectivity index (χ3n) is 1.81. The highest BCUT2D eigenvalue weighted by Gasteiger charge is 2.13. The van der Waals surface area contributed by atoms with E-state index in [2.05, 4.69) is 10.1 Å². The molecule has 2 rings (SSSR count). The van der Waals surface area contributed by atoms with Crippen molar-refractivity contribution < 1.29 is 4.79 Å². The molecule has 0 fully saturated rings. The molecule has 0 aliphatic carbocycles. The molecule has 14 heavy (non-hydrogen) atoms. The molecule has 0 aromatic carbocycles. The van der Waals surface area contributed by atoms with Gasteiger partial charge in [0.25, 0.3) is 0 Å². The molecule has 0 saturated carbocycles. The number of aromatic nitrogens is 3. The fourth-order valence-electron chi connectivity index (χ4n) is 1.15. The van der Waals surface area contributed by atoms with Crippen LogP contribution in [-0.4, -0.2) is 20.5 Å². The van der Waals surface area contributed by atoms with Crippen LogP contribution in [0.15, 0.2) is 18.6 Å². The van der Waals surface area contributed by atoms with E-state index in [1.54, 1.807) is 30.3 Å². The van der Waals surface area contributed by atoms with Gasteiger partial charge in [0.15, 0.2) is 0 Å². The van der Waals surface area contributed by atoms with Gasteiger partial charge in [-0.15, -0.1) is 11.3 Å². The van der Waals surface area contributed by atoms with Gasteiger partial charge in [-0.2, -0.15) is 5.10 Å². The first kappa shape index (κ1) is 9.08. The highest BCUT2D eigenvalue weighted by Crippen LogP contribution is 2.15. The Balaban J connectivity index is 2.33. The van der Waals surface area contributed by atoms with Gasteiger partial charge in [-0.1, -0.05) is 0 Å². The van der Waals surface area contributed by atoms with Crippen molar-refractivity contribution in [3.05, 3.63) is 34.0 Å². The van der Waals surface area contributed by atoms with Crippen LogP contribution in [-0.2, 0) is 7.05 Å². The van der Waals surface area contributed by atoms with Gasteiger partial charge in [-0.05, 0) is 6.92 Å². The molecule has 72 valence electrons. The zero-order valence-electron chi connectivity index (χ0n) is 7.89. The van der Waals surface area contributed by atoms with E-state index < -0.39 is 0 Å². The molecule has 0 unspecified atom stereocenters. The Morgan fingerprint density at radius 2 is 2.29 bits per heavy atom. The molecular formula is C9H9N3OS. The smallest absolute Gasteiger partial charge is 0.207 e. The first-order chi connectivity index (χ1) is 6.66. The number of hydrogen-bond acceptors (Lipinski definition) is 4. The second kappa shape index (κ2) is 3.34. The predicted molar refractivity (Wildman–Crippen MR) is 53.5 cm³/mol. The van der Waals surface area contributed by atoms with Crippen LogP contribution in [0.25, 0.3) is 0 Å². The van der Waals surface area contributed by atoms with Crippen LogP contribution < -0.4 is 0 Å². The van der Waals surface area contributed by atoms with Crippen LogP contribution >= 0.6 is 11.3 Å². The van der Waals surface area contributed by atoms with Crippen LogP contribution in [0.3, 0.4) is 0 Å². The summed E-state index contributed by atoms with van der Waals surface area (Å²) in [4.78, 5) is 16.5. The summed E-state index contributed by atoms with van der Waals surface area (Å²) in [5.41, 5.74) is 0.608. The summed E-state index contributed by atoms with van der Waals surface area (Å²) in [7, 11) is 1.79. The molecule has 0 aliphatic heterocycles. The fourth-order valence-corrected chi connectivity index (χ4v) is 1.89. The molecule has 0 N–H and O–H groups in total. The Morgan fingerprint density at radius 1 is 1.50 bits per heavy atom. The third kappa shape index (κ3) is 1.58. The highest BCUT2D eigenvalue weighted by molar-refractivity contribution is 7.13. The molecule has 0 aliphatic rings. The maximum atomic E-state index is 11.8. The molecule has 0 spiro atoms. The number of rotatable bonds is 2. The predicted octanol–water partition coefficient (Wildman–Crippen LogP) is 1.42. The number of hydrogen-bond donors (Lipinski definition) is 0. The topological polar surface area (TPSA) is 47.8 Å². The Kier molecular flexibility index (Phi) is 2.17. The Bertz CT molecular complexity index is 430. The molecule has 2 aromatic heterocycles. The maximum absolute atomic E-state index is 11.8. The summed E-state index contributed by atoms with van der Waals surface area (Å²) in [5, 5.41) is 4.85. The molecular weight excluding hydrogens is 198 g/mol. The van der Waals surface area contributed by atoms with Gasteiger partial charge < -0.3 is 0 Å². The molecule has 5 heteroatoms. The fraction of sp³-hybridized carbons (Fsp3) is 0.222. The van der Waals surface area contributed by atoms with Gasteiger partial charge in [-0.25, -0.2) is 4.98 Å². The first-order valence-corrected chi connectivity index (χ1v) is 4.94. The SMILES string of the molecule is Cc1ncc(C(=O)c2cnn(C)c2)s1. The molecule has 4 nitrogen and oxygen atoms in total. The van der Waals surface area contributed by atoms with Crippen LogP contribution in [0.2, 0.25) is 0 Å². The number of aryl methyl sites for hydroxylation is 2. The standard InChI is InChI=1S/C9H9N3OS/c1-6-10-4-8(14-6)9(13)7-3-11-12(2)5-7/h3-5H,1-2H3. The number of thiazole rings is 1.